The Morgan fingerprint density at radius 1 is 0.966 bits per heavy atom. The first-order chi connectivity index (χ1) is 13.8. The first-order valence-corrected chi connectivity index (χ1v) is 10.8. The number of carbonyl (C=O) groups is 2. The Morgan fingerprint density at radius 2 is 1.55 bits per heavy atom. The van der Waals surface area contributed by atoms with E-state index < -0.39 is 0 Å². The maximum atomic E-state index is 12.5. The van der Waals surface area contributed by atoms with Crippen molar-refractivity contribution in [2.75, 3.05) is 57.7 Å². The van der Waals surface area contributed by atoms with E-state index in [-0.39, 0.29) is 17.2 Å². The van der Waals surface area contributed by atoms with Crippen LogP contribution in [0.25, 0.3) is 0 Å². The van der Waals surface area contributed by atoms with E-state index in [4.69, 9.17) is 4.52 Å². The molecule has 1 aromatic heterocycles. The van der Waals surface area contributed by atoms with Crippen molar-refractivity contribution in [1.29, 1.82) is 0 Å². The van der Waals surface area contributed by atoms with Crippen molar-refractivity contribution in [3.63, 3.8) is 0 Å². The average Bonchev–Trinajstić information content (AvgIpc) is 2.97. The lowest BCUT2D eigenvalue weighted by atomic mass is 9.92. The third-order valence-electron chi connectivity index (χ3n) is 5.69. The lowest BCUT2D eigenvalue weighted by Crippen LogP contribution is -2.51. The van der Waals surface area contributed by atoms with Crippen molar-refractivity contribution < 1.29 is 14.1 Å². The van der Waals surface area contributed by atoms with Gasteiger partial charge < -0.3 is 9.42 Å². The minimum absolute atomic E-state index is 0.101. The van der Waals surface area contributed by atoms with Gasteiger partial charge in [-0.2, -0.15) is 0 Å². The fourth-order valence-electron chi connectivity index (χ4n) is 3.78. The van der Waals surface area contributed by atoms with Gasteiger partial charge in [0.05, 0.1) is 18.8 Å². The number of piperazine rings is 1. The molecule has 8 heteroatoms. The number of nitrogens with one attached hydrogen (secondary N) is 1. The van der Waals surface area contributed by atoms with E-state index >= 15 is 0 Å². The Bertz CT molecular complexity index is 681. The van der Waals surface area contributed by atoms with Crippen molar-refractivity contribution >= 4 is 17.7 Å². The molecule has 29 heavy (non-hydrogen) atoms. The topological polar surface area (TPSA) is 81.9 Å². The van der Waals surface area contributed by atoms with Crippen LogP contribution in [0.2, 0.25) is 0 Å². The molecule has 2 amide bonds. The standard InChI is InChI=1S/C21H35N5O3/c1-21(2,3)17-14-19(29-23-17)22-18(27)15-24-10-12-25(13-11-24)16-20(28)26-8-6-4-5-7-9-26/h14H,4-13,15-16H2,1-3H3,(H,22,27). The van der Waals surface area contributed by atoms with Crippen molar-refractivity contribution in [3.8, 4) is 0 Å². The van der Waals surface area contributed by atoms with Crippen LogP contribution >= 0.6 is 0 Å². The molecule has 0 unspecified atom stereocenters. The molecule has 1 aromatic rings. The van der Waals surface area contributed by atoms with Crippen molar-refractivity contribution in [2.45, 2.75) is 51.9 Å². The van der Waals surface area contributed by atoms with Crippen LogP contribution in [0.1, 0.15) is 52.1 Å². The minimum Gasteiger partial charge on any atom is -0.342 e. The van der Waals surface area contributed by atoms with E-state index in [1.54, 1.807) is 6.07 Å². The van der Waals surface area contributed by atoms with Crippen LogP contribution in [0.4, 0.5) is 5.88 Å². The van der Waals surface area contributed by atoms with Gasteiger partial charge in [-0.3, -0.25) is 24.7 Å². The third kappa shape index (κ3) is 6.54. The van der Waals surface area contributed by atoms with Crippen LogP contribution in [0.5, 0.6) is 0 Å². The second kappa shape index (κ2) is 9.71. The second-order valence-electron chi connectivity index (χ2n) is 9.22. The van der Waals surface area contributed by atoms with Gasteiger partial charge in [0.1, 0.15) is 0 Å². The summed E-state index contributed by atoms with van der Waals surface area (Å²) in [5.74, 6) is 0.537. The summed E-state index contributed by atoms with van der Waals surface area (Å²) < 4.78 is 5.23. The van der Waals surface area contributed by atoms with Crippen molar-refractivity contribution in [2.24, 2.45) is 0 Å². The Labute approximate surface area is 173 Å². The van der Waals surface area contributed by atoms with E-state index in [9.17, 15) is 9.59 Å². The molecule has 0 spiro atoms. The molecule has 0 saturated carbocycles. The zero-order chi connectivity index (χ0) is 20.9. The number of hydrogen-bond donors (Lipinski definition) is 1. The summed E-state index contributed by atoms with van der Waals surface area (Å²) in [6.45, 7) is 11.9. The first-order valence-electron chi connectivity index (χ1n) is 10.8. The van der Waals surface area contributed by atoms with Gasteiger partial charge in [0, 0.05) is 50.7 Å². The van der Waals surface area contributed by atoms with E-state index in [1.807, 2.05) is 25.7 Å². The predicted octanol–water partition coefficient (Wildman–Crippen LogP) is 1.93. The van der Waals surface area contributed by atoms with Crippen LogP contribution < -0.4 is 5.32 Å². The molecule has 0 aromatic carbocycles. The normalized spacial score (nSPS) is 19.8. The molecule has 162 valence electrons. The van der Waals surface area contributed by atoms with Gasteiger partial charge in [-0.1, -0.05) is 38.8 Å². The summed E-state index contributed by atoms with van der Waals surface area (Å²) in [5, 5.41) is 6.81. The SMILES string of the molecule is CC(C)(C)c1cc(NC(=O)CN2CCN(CC(=O)N3CCCCCC3)CC2)on1. The molecule has 8 nitrogen and oxygen atoms in total. The first kappa shape index (κ1) is 21.8. The zero-order valence-electron chi connectivity index (χ0n) is 18.1. The van der Waals surface area contributed by atoms with E-state index in [0.717, 1.165) is 57.8 Å². The molecule has 3 heterocycles. The second-order valence-corrected chi connectivity index (χ2v) is 9.22. The van der Waals surface area contributed by atoms with Gasteiger partial charge >= 0.3 is 0 Å². The average molecular weight is 406 g/mol. The van der Waals surface area contributed by atoms with Gasteiger partial charge in [0.25, 0.3) is 0 Å². The number of rotatable bonds is 5. The minimum atomic E-state index is -0.117. The van der Waals surface area contributed by atoms with Gasteiger partial charge in [-0.15, -0.1) is 0 Å². The highest BCUT2D eigenvalue weighted by Gasteiger charge is 2.24. The largest absolute Gasteiger partial charge is 0.342 e. The van der Waals surface area contributed by atoms with Crippen LogP contribution in [-0.4, -0.2) is 84.0 Å². The smallest absolute Gasteiger partial charge is 0.240 e. The number of nitrogens with zero attached hydrogens (tertiary/aromatic N) is 4. The molecule has 0 bridgehead atoms. The number of amides is 2. The molecule has 1 N–H and O–H groups in total. The Balaban J connectivity index is 1.38. The van der Waals surface area contributed by atoms with Gasteiger partial charge in [-0.25, -0.2) is 0 Å². The number of likely N-dealkylation sites (tertiary alicyclic amines) is 1. The maximum absolute atomic E-state index is 12.5. The number of anilines is 1. The van der Waals surface area contributed by atoms with Crippen LogP contribution in [0.3, 0.4) is 0 Å². The van der Waals surface area contributed by atoms with E-state index in [0.29, 0.717) is 19.0 Å². The number of carbonyl (C=O) groups excluding carboxylic acids is 2. The Kier molecular flexibility index (Phi) is 7.29. The molecular formula is C21H35N5O3. The fraction of sp³-hybridized carbons (Fsp3) is 0.762. The van der Waals surface area contributed by atoms with Gasteiger partial charge in [-0.05, 0) is 12.8 Å². The maximum Gasteiger partial charge on any atom is 0.240 e. The quantitative estimate of drug-likeness (QED) is 0.806. The molecule has 0 radical (unpaired) electrons. The lowest BCUT2D eigenvalue weighted by molar-refractivity contribution is -0.133. The molecular weight excluding hydrogens is 370 g/mol. The highest BCUT2D eigenvalue weighted by Crippen LogP contribution is 2.23. The Morgan fingerprint density at radius 3 is 2.10 bits per heavy atom. The Hall–Kier alpha value is -1.93. The summed E-state index contributed by atoms with van der Waals surface area (Å²) in [5.41, 5.74) is 0.698. The van der Waals surface area contributed by atoms with Gasteiger partial charge in [0.2, 0.25) is 17.7 Å². The molecule has 3 rings (SSSR count). The predicted molar refractivity (Wildman–Crippen MR) is 112 cm³/mol. The molecule has 2 aliphatic heterocycles. The van der Waals surface area contributed by atoms with Crippen LogP contribution in [-0.2, 0) is 15.0 Å². The fourth-order valence-corrected chi connectivity index (χ4v) is 3.78. The van der Waals surface area contributed by atoms with E-state index in [1.165, 1.54) is 12.8 Å². The zero-order valence-corrected chi connectivity index (χ0v) is 18.1. The summed E-state index contributed by atoms with van der Waals surface area (Å²) in [6.07, 6.45) is 4.71. The summed E-state index contributed by atoms with van der Waals surface area (Å²) in [6, 6.07) is 1.78. The highest BCUT2D eigenvalue weighted by molar-refractivity contribution is 5.91. The number of hydrogen-bond acceptors (Lipinski definition) is 6. The van der Waals surface area contributed by atoms with Crippen molar-refractivity contribution in [1.82, 2.24) is 19.9 Å². The summed E-state index contributed by atoms with van der Waals surface area (Å²) in [7, 11) is 0. The third-order valence-corrected chi connectivity index (χ3v) is 5.69. The summed E-state index contributed by atoms with van der Waals surface area (Å²) in [4.78, 5) is 31.2. The molecule has 2 saturated heterocycles. The van der Waals surface area contributed by atoms with Crippen LogP contribution in [0, 0.1) is 0 Å². The lowest BCUT2D eigenvalue weighted by Gasteiger charge is -2.34. The molecule has 2 fully saturated rings. The highest BCUT2D eigenvalue weighted by atomic mass is 16.5. The monoisotopic (exact) mass is 405 g/mol. The molecule has 2 aliphatic rings. The van der Waals surface area contributed by atoms with Crippen LogP contribution in [0.15, 0.2) is 10.6 Å². The van der Waals surface area contributed by atoms with Crippen molar-refractivity contribution in [3.05, 3.63) is 11.8 Å². The number of aromatic nitrogens is 1. The molecule has 0 atom stereocenters. The van der Waals surface area contributed by atoms with E-state index in [2.05, 4.69) is 20.3 Å². The van der Waals surface area contributed by atoms with Gasteiger partial charge in [0.15, 0.2) is 0 Å². The molecule has 0 aliphatic carbocycles. The summed E-state index contributed by atoms with van der Waals surface area (Å²) >= 11 is 0.